The third-order valence-corrected chi connectivity index (χ3v) is 3.93. The number of hydrogen-bond acceptors (Lipinski definition) is 4. The van der Waals surface area contributed by atoms with Crippen molar-refractivity contribution in [1.82, 2.24) is 4.98 Å². The van der Waals surface area contributed by atoms with Gasteiger partial charge in [-0.25, -0.2) is 0 Å². The van der Waals surface area contributed by atoms with E-state index < -0.39 is 0 Å². The van der Waals surface area contributed by atoms with Crippen molar-refractivity contribution in [2.75, 3.05) is 12.3 Å². The number of halogens is 1. The number of thioether (sulfide) groups is 1. The van der Waals surface area contributed by atoms with Crippen LogP contribution in [-0.2, 0) is 0 Å². The Kier molecular flexibility index (Phi) is 4.71. The summed E-state index contributed by atoms with van der Waals surface area (Å²) in [6, 6.07) is 0. The van der Waals surface area contributed by atoms with Crippen LogP contribution in [0.4, 0.5) is 5.69 Å². The predicted octanol–water partition coefficient (Wildman–Crippen LogP) is 2.29. The zero-order chi connectivity index (χ0) is 10.6. The summed E-state index contributed by atoms with van der Waals surface area (Å²) in [6.07, 6.45) is 4.13. The fourth-order valence-corrected chi connectivity index (χ4v) is 2.61. The quantitative estimate of drug-likeness (QED) is 0.829. The minimum absolute atomic E-state index is 0.205. The van der Waals surface area contributed by atoms with Gasteiger partial charge in [0.2, 0.25) is 0 Å². The van der Waals surface area contributed by atoms with Crippen LogP contribution < -0.4 is 5.73 Å². The van der Waals surface area contributed by atoms with Crippen LogP contribution in [0.15, 0.2) is 21.8 Å². The standard InChI is InChI=1S/C9H13BrN2OS/c1-6(2-3-13)14-9-7(10)4-12-5-8(9)11/h4-6,13H,2-3,11H2,1H3. The first-order valence-corrected chi connectivity index (χ1v) is 5.99. The number of aliphatic hydroxyl groups excluding tert-OH is 1. The van der Waals surface area contributed by atoms with E-state index in [-0.39, 0.29) is 6.61 Å². The summed E-state index contributed by atoms with van der Waals surface area (Å²) in [5, 5.41) is 9.13. The van der Waals surface area contributed by atoms with Crippen molar-refractivity contribution in [1.29, 1.82) is 0 Å². The molecule has 0 saturated carbocycles. The van der Waals surface area contributed by atoms with Gasteiger partial charge in [-0.1, -0.05) is 6.92 Å². The van der Waals surface area contributed by atoms with Gasteiger partial charge in [0.05, 0.1) is 16.4 Å². The number of nitrogens with zero attached hydrogens (tertiary/aromatic N) is 1. The molecule has 3 nitrogen and oxygen atoms in total. The highest BCUT2D eigenvalue weighted by Crippen LogP contribution is 2.35. The van der Waals surface area contributed by atoms with Gasteiger partial charge in [-0.2, -0.15) is 0 Å². The molecule has 3 N–H and O–H groups in total. The Morgan fingerprint density at radius 2 is 2.36 bits per heavy atom. The monoisotopic (exact) mass is 276 g/mol. The fraction of sp³-hybridized carbons (Fsp3) is 0.444. The van der Waals surface area contributed by atoms with E-state index in [0.717, 1.165) is 15.8 Å². The lowest BCUT2D eigenvalue weighted by Crippen LogP contribution is -2.01. The molecule has 0 aliphatic rings. The van der Waals surface area contributed by atoms with Crippen molar-refractivity contribution < 1.29 is 5.11 Å². The van der Waals surface area contributed by atoms with Gasteiger partial charge in [0.15, 0.2) is 0 Å². The van der Waals surface area contributed by atoms with Gasteiger partial charge >= 0.3 is 0 Å². The van der Waals surface area contributed by atoms with Crippen molar-refractivity contribution in [2.45, 2.75) is 23.5 Å². The second-order valence-electron chi connectivity index (χ2n) is 2.98. The largest absolute Gasteiger partial charge is 0.397 e. The average molecular weight is 277 g/mol. The summed E-state index contributed by atoms with van der Waals surface area (Å²) >= 11 is 5.05. The number of aromatic nitrogens is 1. The summed E-state index contributed by atoms with van der Waals surface area (Å²) < 4.78 is 0.910. The molecule has 0 spiro atoms. The molecule has 0 radical (unpaired) electrons. The van der Waals surface area contributed by atoms with Gasteiger partial charge in [-0.3, -0.25) is 4.98 Å². The molecule has 14 heavy (non-hydrogen) atoms. The van der Waals surface area contributed by atoms with E-state index in [1.165, 1.54) is 0 Å². The molecule has 0 bridgehead atoms. The van der Waals surface area contributed by atoms with Crippen molar-refractivity contribution >= 4 is 33.4 Å². The second kappa shape index (κ2) is 5.58. The van der Waals surface area contributed by atoms with Crippen LogP contribution in [0.25, 0.3) is 0 Å². The molecule has 0 amide bonds. The van der Waals surface area contributed by atoms with Crippen LogP contribution in [0, 0.1) is 0 Å². The first-order chi connectivity index (χ1) is 6.65. The highest BCUT2D eigenvalue weighted by atomic mass is 79.9. The van der Waals surface area contributed by atoms with E-state index in [1.807, 2.05) is 0 Å². The normalized spacial score (nSPS) is 12.8. The second-order valence-corrected chi connectivity index (χ2v) is 5.28. The van der Waals surface area contributed by atoms with Crippen LogP contribution in [0.5, 0.6) is 0 Å². The number of anilines is 1. The summed E-state index contributed by atoms with van der Waals surface area (Å²) in [5.74, 6) is 0. The fourth-order valence-electron chi connectivity index (χ4n) is 1.00. The van der Waals surface area contributed by atoms with Crippen molar-refractivity contribution in [2.24, 2.45) is 0 Å². The molecule has 1 heterocycles. The molecule has 0 aromatic carbocycles. The molecule has 78 valence electrons. The third-order valence-electron chi connectivity index (χ3n) is 1.74. The summed E-state index contributed by atoms with van der Waals surface area (Å²) in [7, 11) is 0. The number of hydrogen-bond donors (Lipinski definition) is 2. The van der Waals surface area contributed by atoms with Gasteiger partial charge in [0.25, 0.3) is 0 Å². The third kappa shape index (κ3) is 3.15. The smallest absolute Gasteiger partial charge is 0.0650 e. The Bertz CT molecular complexity index is 289. The molecule has 1 rings (SSSR count). The number of aliphatic hydroxyl groups is 1. The Labute approximate surface area is 96.2 Å². The molecule has 1 aromatic rings. The first kappa shape index (κ1) is 11.8. The van der Waals surface area contributed by atoms with Gasteiger partial charge in [-0.05, 0) is 22.4 Å². The van der Waals surface area contributed by atoms with Crippen molar-refractivity contribution in [3.05, 3.63) is 16.9 Å². The Morgan fingerprint density at radius 1 is 1.64 bits per heavy atom. The van der Waals surface area contributed by atoms with E-state index >= 15 is 0 Å². The number of nitrogens with two attached hydrogens (primary N) is 1. The molecule has 5 heteroatoms. The zero-order valence-corrected chi connectivity index (χ0v) is 10.3. The number of pyridine rings is 1. The van der Waals surface area contributed by atoms with Crippen molar-refractivity contribution in [3.8, 4) is 0 Å². The molecule has 0 aliphatic heterocycles. The molecule has 1 unspecified atom stereocenters. The highest BCUT2D eigenvalue weighted by molar-refractivity contribution is 9.10. The van der Waals surface area contributed by atoms with Gasteiger partial charge in [0, 0.05) is 22.9 Å². The minimum Gasteiger partial charge on any atom is -0.397 e. The van der Waals surface area contributed by atoms with Crippen LogP contribution in [0.2, 0.25) is 0 Å². The lowest BCUT2D eigenvalue weighted by atomic mass is 10.3. The maximum atomic E-state index is 8.78. The van der Waals surface area contributed by atoms with Crippen molar-refractivity contribution in [3.63, 3.8) is 0 Å². The van der Waals surface area contributed by atoms with E-state index in [2.05, 4.69) is 27.8 Å². The minimum atomic E-state index is 0.205. The van der Waals surface area contributed by atoms with E-state index in [1.54, 1.807) is 24.2 Å². The highest BCUT2D eigenvalue weighted by Gasteiger charge is 2.10. The Morgan fingerprint density at radius 3 is 2.93 bits per heavy atom. The van der Waals surface area contributed by atoms with E-state index in [4.69, 9.17) is 10.8 Å². The van der Waals surface area contributed by atoms with E-state index in [9.17, 15) is 0 Å². The van der Waals surface area contributed by atoms with Gasteiger partial charge < -0.3 is 10.8 Å². The molecular formula is C9H13BrN2OS. The maximum absolute atomic E-state index is 8.78. The van der Waals surface area contributed by atoms with Crippen LogP contribution in [-0.4, -0.2) is 21.9 Å². The Balaban J connectivity index is 2.75. The molecule has 1 atom stereocenters. The zero-order valence-electron chi connectivity index (χ0n) is 7.90. The maximum Gasteiger partial charge on any atom is 0.0650 e. The predicted molar refractivity (Wildman–Crippen MR) is 63.4 cm³/mol. The van der Waals surface area contributed by atoms with Crippen LogP contribution in [0.1, 0.15) is 13.3 Å². The van der Waals surface area contributed by atoms with Crippen LogP contribution in [0.3, 0.4) is 0 Å². The SMILES string of the molecule is CC(CCO)Sc1c(N)cncc1Br. The molecule has 0 saturated heterocycles. The molecule has 0 aliphatic carbocycles. The number of nitrogen functional groups attached to an aromatic ring is 1. The summed E-state index contributed by atoms with van der Waals surface area (Å²) in [5.41, 5.74) is 6.47. The van der Waals surface area contributed by atoms with Gasteiger partial charge in [-0.15, -0.1) is 11.8 Å². The Hall–Kier alpha value is -0.260. The van der Waals surface area contributed by atoms with Gasteiger partial charge in [0.1, 0.15) is 0 Å². The topological polar surface area (TPSA) is 59.1 Å². The molecular weight excluding hydrogens is 264 g/mol. The lowest BCUT2D eigenvalue weighted by molar-refractivity contribution is 0.289. The number of rotatable bonds is 4. The van der Waals surface area contributed by atoms with E-state index in [0.29, 0.717) is 10.9 Å². The molecule has 1 aromatic heterocycles. The average Bonchev–Trinajstić information content (AvgIpc) is 2.12. The van der Waals surface area contributed by atoms with Crippen LogP contribution >= 0.6 is 27.7 Å². The first-order valence-electron chi connectivity index (χ1n) is 4.31. The molecule has 0 fully saturated rings. The summed E-state index contributed by atoms with van der Waals surface area (Å²) in [4.78, 5) is 4.96. The lowest BCUT2D eigenvalue weighted by Gasteiger charge is -2.12. The summed E-state index contributed by atoms with van der Waals surface area (Å²) in [6.45, 7) is 2.27.